The van der Waals surface area contributed by atoms with E-state index in [9.17, 15) is 4.79 Å². The van der Waals surface area contributed by atoms with Gasteiger partial charge in [-0.1, -0.05) is 12.1 Å². The third-order valence-corrected chi connectivity index (χ3v) is 3.06. The lowest BCUT2D eigenvalue weighted by Crippen LogP contribution is -2.14. The van der Waals surface area contributed by atoms with Crippen LogP contribution in [-0.4, -0.2) is 18.6 Å². The molecule has 0 spiro atoms. The van der Waals surface area contributed by atoms with E-state index in [0.717, 1.165) is 35.2 Å². The van der Waals surface area contributed by atoms with Crippen LogP contribution in [-0.2, 0) is 6.42 Å². The van der Waals surface area contributed by atoms with E-state index in [4.69, 9.17) is 0 Å². The summed E-state index contributed by atoms with van der Waals surface area (Å²) in [4.78, 5) is 17.5. The van der Waals surface area contributed by atoms with Gasteiger partial charge in [-0.15, -0.1) is 0 Å². The average molecular weight is 200 g/mol. The fraction of sp³-hybridized carbons (Fsp3) is 0.250. The lowest BCUT2D eigenvalue weighted by atomic mass is 10.1. The highest BCUT2D eigenvalue weighted by Crippen LogP contribution is 2.23. The summed E-state index contributed by atoms with van der Waals surface area (Å²) in [6.07, 6.45) is 0.853. The molecule has 0 saturated carbocycles. The molecule has 3 rings (SSSR count). The highest BCUT2D eigenvalue weighted by Gasteiger charge is 2.20. The Labute approximate surface area is 87.3 Å². The number of H-pyrrole nitrogens is 1. The van der Waals surface area contributed by atoms with Crippen LogP contribution in [0.5, 0.6) is 0 Å². The van der Waals surface area contributed by atoms with Gasteiger partial charge in [-0.05, 0) is 18.6 Å². The fourth-order valence-corrected chi connectivity index (χ4v) is 2.21. The van der Waals surface area contributed by atoms with Crippen molar-refractivity contribution in [3.63, 3.8) is 0 Å². The molecule has 3 nitrogen and oxygen atoms in total. The molecular weight excluding hydrogens is 188 g/mol. The summed E-state index contributed by atoms with van der Waals surface area (Å²) < 4.78 is 0. The van der Waals surface area contributed by atoms with Crippen LogP contribution in [0.25, 0.3) is 10.9 Å². The summed E-state index contributed by atoms with van der Waals surface area (Å²) in [5.74, 6) is 0.985. The lowest BCUT2D eigenvalue weighted by molar-refractivity contribution is 0.946. The number of hydrogen-bond donors (Lipinski definition) is 1. The summed E-state index contributed by atoms with van der Waals surface area (Å²) in [7, 11) is 2.01. The van der Waals surface area contributed by atoms with Crippen molar-refractivity contribution in [1.29, 1.82) is 0 Å². The van der Waals surface area contributed by atoms with E-state index < -0.39 is 0 Å². The first kappa shape index (κ1) is 8.53. The zero-order valence-electron chi connectivity index (χ0n) is 8.58. The van der Waals surface area contributed by atoms with Crippen LogP contribution < -0.4 is 10.3 Å². The number of anilines is 1. The molecule has 1 aromatic carbocycles. The molecule has 0 bridgehead atoms. The van der Waals surface area contributed by atoms with E-state index in [-0.39, 0.29) is 5.43 Å². The number of pyridine rings is 1. The van der Waals surface area contributed by atoms with E-state index in [0.29, 0.717) is 0 Å². The number of rotatable bonds is 0. The third kappa shape index (κ3) is 1.09. The van der Waals surface area contributed by atoms with Gasteiger partial charge in [-0.3, -0.25) is 4.79 Å². The highest BCUT2D eigenvalue weighted by molar-refractivity contribution is 5.82. The van der Waals surface area contributed by atoms with Crippen molar-refractivity contribution >= 4 is 16.7 Å². The number of nitrogens with one attached hydrogen (secondary N) is 1. The minimum absolute atomic E-state index is 0.184. The van der Waals surface area contributed by atoms with Crippen LogP contribution in [0.2, 0.25) is 0 Å². The van der Waals surface area contributed by atoms with E-state index in [1.807, 2.05) is 31.3 Å². The largest absolute Gasteiger partial charge is 0.361 e. The standard InChI is InChI=1S/C12H12N2O/c1-14-7-6-9-11(15)8-4-2-3-5-10(8)13-12(9)14/h2-5H,6-7H2,1H3,(H,13,15). The van der Waals surface area contributed by atoms with Gasteiger partial charge in [-0.2, -0.15) is 0 Å². The zero-order valence-corrected chi connectivity index (χ0v) is 8.58. The number of fused-ring (bicyclic) bond motifs is 2. The number of likely N-dealkylation sites (N-methyl/N-ethyl adjacent to an activating group) is 1. The molecule has 1 aromatic heterocycles. The van der Waals surface area contributed by atoms with Gasteiger partial charge in [0.15, 0.2) is 5.43 Å². The number of hydrogen-bond acceptors (Lipinski definition) is 2. The van der Waals surface area contributed by atoms with Crippen molar-refractivity contribution in [3.05, 3.63) is 40.1 Å². The minimum atomic E-state index is 0.184. The van der Waals surface area contributed by atoms with Crippen molar-refractivity contribution in [2.75, 3.05) is 18.5 Å². The Kier molecular flexibility index (Phi) is 1.63. The molecule has 0 saturated heterocycles. The van der Waals surface area contributed by atoms with Gasteiger partial charge in [0.2, 0.25) is 0 Å². The first-order chi connectivity index (χ1) is 7.27. The molecular formula is C12H12N2O. The monoisotopic (exact) mass is 200 g/mol. The third-order valence-electron chi connectivity index (χ3n) is 3.06. The summed E-state index contributed by atoms with van der Waals surface area (Å²) >= 11 is 0. The van der Waals surface area contributed by atoms with Crippen LogP contribution >= 0.6 is 0 Å². The number of nitrogens with zero attached hydrogens (tertiary/aromatic N) is 1. The molecule has 0 aliphatic carbocycles. The van der Waals surface area contributed by atoms with E-state index in [1.54, 1.807) is 0 Å². The molecule has 15 heavy (non-hydrogen) atoms. The first-order valence-corrected chi connectivity index (χ1v) is 5.12. The van der Waals surface area contributed by atoms with E-state index >= 15 is 0 Å². The quantitative estimate of drug-likeness (QED) is 0.700. The van der Waals surface area contributed by atoms with Gasteiger partial charge in [-0.25, -0.2) is 0 Å². The molecule has 2 aromatic rings. The first-order valence-electron chi connectivity index (χ1n) is 5.12. The molecule has 3 heteroatoms. The molecule has 1 aliphatic heterocycles. The summed E-state index contributed by atoms with van der Waals surface area (Å²) in [6, 6.07) is 7.68. The minimum Gasteiger partial charge on any atom is -0.361 e. The zero-order chi connectivity index (χ0) is 10.4. The van der Waals surface area contributed by atoms with Gasteiger partial charge in [0, 0.05) is 24.5 Å². The van der Waals surface area contributed by atoms with Gasteiger partial charge in [0.05, 0.1) is 5.52 Å². The van der Waals surface area contributed by atoms with Gasteiger partial charge in [0.25, 0.3) is 0 Å². The molecule has 0 radical (unpaired) electrons. The second kappa shape index (κ2) is 2.86. The van der Waals surface area contributed by atoms with Crippen molar-refractivity contribution in [1.82, 2.24) is 4.98 Å². The van der Waals surface area contributed by atoms with Crippen LogP contribution in [0.1, 0.15) is 5.56 Å². The molecule has 0 unspecified atom stereocenters. The van der Waals surface area contributed by atoms with Crippen molar-refractivity contribution in [2.45, 2.75) is 6.42 Å². The van der Waals surface area contributed by atoms with Crippen LogP contribution in [0, 0.1) is 0 Å². The van der Waals surface area contributed by atoms with Crippen LogP contribution in [0.4, 0.5) is 5.82 Å². The smallest absolute Gasteiger partial charge is 0.194 e. The lowest BCUT2D eigenvalue weighted by Gasteiger charge is -2.12. The molecule has 1 N–H and O–H groups in total. The maximum atomic E-state index is 12.1. The van der Waals surface area contributed by atoms with Crippen molar-refractivity contribution in [2.24, 2.45) is 0 Å². The molecule has 0 fully saturated rings. The second-order valence-corrected chi connectivity index (χ2v) is 4.00. The Hall–Kier alpha value is -1.77. The topological polar surface area (TPSA) is 36.1 Å². The van der Waals surface area contributed by atoms with E-state index in [2.05, 4.69) is 9.88 Å². The van der Waals surface area contributed by atoms with Crippen LogP contribution in [0.15, 0.2) is 29.1 Å². The predicted molar refractivity (Wildman–Crippen MR) is 61.5 cm³/mol. The Morgan fingerprint density at radius 2 is 2.13 bits per heavy atom. The molecule has 1 aliphatic rings. The summed E-state index contributed by atoms with van der Waals surface area (Å²) in [6.45, 7) is 0.928. The Balaban J connectivity index is 2.46. The highest BCUT2D eigenvalue weighted by atomic mass is 16.1. The van der Waals surface area contributed by atoms with Crippen molar-refractivity contribution in [3.8, 4) is 0 Å². The molecule has 76 valence electrons. The number of para-hydroxylation sites is 1. The normalized spacial score (nSPS) is 14.6. The molecule has 0 atom stereocenters. The molecule has 2 heterocycles. The fourth-order valence-electron chi connectivity index (χ4n) is 2.21. The van der Waals surface area contributed by atoms with Gasteiger partial charge < -0.3 is 9.88 Å². The SMILES string of the molecule is CN1CCc2c1[nH]c1ccccc1c2=O. The Morgan fingerprint density at radius 1 is 1.33 bits per heavy atom. The predicted octanol–water partition coefficient (Wildman–Crippen LogP) is 1.52. The van der Waals surface area contributed by atoms with E-state index in [1.165, 1.54) is 0 Å². The summed E-state index contributed by atoms with van der Waals surface area (Å²) in [5.41, 5.74) is 2.04. The maximum Gasteiger partial charge on any atom is 0.194 e. The maximum absolute atomic E-state index is 12.1. The summed E-state index contributed by atoms with van der Waals surface area (Å²) in [5, 5.41) is 0.798. The Morgan fingerprint density at radius 3 is 3.00 bits per heavy atom. The van der Waals surface area contributed by atoms with Gasteiger partial charge in [0.1, 0.15) is 5.82 Å². The second-order valence-electron chi connectivity index (χ2n) is 4.00. The number of aromatic nitrogens is 1. The molecule has 0 amide bonds. The number of benzene rings is 1. The van der Waals surface area contributed by atoms with Crippen LogP contribution in [0.3, 0.4) is 0 Å². The van der Waals surface area contributed by atoms with Gasteiger partial charge >= 0.3 is 0 Å². The average Bonchev–Trinajstić information content (AvgIpc) is 2.62. The number of aromatic amines is 1. The Bertz CT molecular complexity index is 586. The van der Waals surface area contributed by atoms with Crippen molar-refractivity contribution < 1.29 is 0 Å².